The fourth-order valence-corrected chi connectivity index (χ4v) is 0. The highest BCUT2D eigenvalue weighted by atomic mass is 32.5. The highest BCUT2D eigenvalue weighted by Crippen LogP contribution is 1.88. The predicted molar refractivity (Wildman–Crippen MR) is 32.1 cm³/mol. The summed E-state index contributed by atoms with van der Waals surface area (Å²) < 4.78 is 0. The van der Waals surface area contributed by atoms with Crippen LogP contribution in [0.5, 0.6) is 0 Å². The third kappa shape index (κ3) is 4.65. The van der Waals surface area contributed by atoms with Crippen LogP contribution in [0, 0.1) is 0 Å². The quantitative estimate of drug-likeness (QED) is 0.411. The first kappa shape index (κ1) is 5.65. The number of hydrogen-bond donors (Lipinski definition) is 0. The van der Waals surface area contributed by atoms with Gasteiger partial charge in [-0.25, -0.2) is 0 Å². The van der Waals surface area contributed by atoms with E-state index in [0.717, 1.165) is 0 Å². The van der Waals surface area contributed by atoms with Crippen molar-refractivity contribution < 1.29 is 0 Å². The molecule has 0 aliphatic rings. The number of hydrogen-bond acceptors (Lipinski definition) is 0. The summed E-state index contributed by atoms with van der Waals surface area (Å²) in [6.07, 6.45) is 4.48. The largest absolute Gasteiger partial charge is 0.169 e. The Morgan fingerprint density at radius 2 is 1.60 bits per heavy atom. The minimum atomic E-state index is 0.650. The Hall–Kier alpha value is 0.650. The minimum absolute atomic E-state index is 0.650. The van der Waals surface area contributed by atoms with Gasteiger partial charge >= 0.3 is 0 Å². The Kier molecular flexibility index (Phi) is 3.24. The maximum absolute atomic E-state index is 2.24. The molecule has 0 unspecified atom stereocenters. The second-order valence-corrected chi connectivity index (χ2v) is 6.15. The highest BCUT2D eigenvalue weighted by molar-refractivity contribution is 8.19. The van der Waals surface area contributed by atoms with Gasteiger partial charge in [0.2, 0.25) is 0 Å². The summed E-state index contributed by atoms with van der Waals surface area (Å²) in [6, 6.07) is 0. The Balaban J connectivity index is 3.14. The van der Waals surface area contributed by atoms with Crippen LogP contribution in [0.15, 0.2) is 0 Å². The topological polar surface area (TPSA) is 0 Å². The van der Waals surface area contributed by atoms with Crippen molar-refractivity contribution in [3.05, 3.63) is 0 Å². The van der Waals surface area contributed by atoms with E-state index in [2.05, 4.69) is 19.2 Å². The lowest BCUT2D eigenvalue weighted by molar-refractivity contribution is 2.34. The van der Waals surface area contributed by atoms with Crippen molar-refractivity contribution in [1.29, 1.82) is 0 Å². The van der Waals surface area contributed by atoms with E-state index >= 15 is 0 Å². The zero-order valence-electron chi connectivity index (χ0n) is 3.86. The molecule has 0 saturated carbocycles. The van der Waals surface area contributed by atoms with E-state index in [0.29, 0.717) is 10.1 Å². The molecule has 5 heavy (non-hydrogen) atoms. The van der Waals surface area contributed by atoms with E-state index in [1.165, 1.54) is 7.36 Å². The van der Waals surface area contributed by atoms with E-state index in [1.54, 1.807) is 0 Å². The van der Waals surface area contributed by atoms with Gasteiger partial charge in [-0.1, -0.05) is 7.36 Å². The SMILES string of the molecule is CP=S(C)C. The first-order chi connectivity index (χ1) is 2.27. The predicted octanol–water partition coefficient (Wildman–Crippen LogP) is 1.36. The smallest absolute Gasteiger partial charge is 0.0170 e. The van der Waals surface area contributed by atoms with Crippen molar-refractivity contribution in [2.45, 2.75) is 0 Å². The van der Waals surface area contributed by atoms with E-state index in [9.17, 15) is 0 Å². The fraction of sp³-hybridized carbons (Fsp3) is 1.00. The van der Waals surface area contributed by atoms with Crippen LogP contribution >= 0.6 is 7.36 Å². The molecule has 0 aromatic rings. The first-order valence-electron chi connectivity index (χ1n) is 1.45. The molecule has 0 amide bonds. The summed E-state index contributed by atoms with van der Waals surface area (Å²) in [5.74, 6) is 0. The van der Waals surface area contributed by atoms with Gasteiger partial charge in [-0.3, -0.25) is 0 Å². The Morgan fingerprint density at radius 1 is 1.40 bits per heavy atom. The van der Waals surface area contributed by atoms with Crippen molar-refractivity contribution in [2.75, 3.05) is 19.2 Å². The summed E-state index contributed by atoms with van der Waals surface area (Å²) in [5, 5.41) is 0. The van der Waals surface area contributed by atoms with Crippen LogP contribution in [0.4, 0.5) is 0 Å². The molecule has 0 atom stereocenters. The zero-order valence-corrected chi connectivity index (χ0v) is 5.57. The summed E-state index contributed by atoms with van der Waals surface area (Å²) in [6.45, 7) is 2.18. The third-order valence-electron chi connectivity index (χ3n) is 0.365. The lowest BCUT2D eigenvalue weighted by Crippen LogP contribution is -1.65. The Labute approximate surface area is 37.4 Å². The van der Waals surface area contributed by atoms with Crippen molar-refractivity contribution in [3.8, 4) is 0 Å². The van der Waals surface area contributed by atoms with E-state index in [1.807, 2.05) is 0 Å². The molecule has 0 N–H and O–H groups in total. The summed E-state index contributed by atoms with van der Waals surface area (Å²) in [4.78, 5) is 0. The monoisotopic (exact) mass is 108 g/mol. The van der Waals surface area contributed by atoms with Gasteiger partial charge in [0, 0.05) is 0 Å². The standard InChI is InChI=1S/C3H9PS/c1-4-5(2)3/h1-3H3. The van der Waals surface area contributed by atoms with Crippen LogP contribution in [0.3, 0.4) is 0 Å². The van der Waals surface area contributed by atoms with Crippen LogP contribution in [0.1, 0.15) is 0 Å². The average molecular weight is 108 g/mol. The second kappa shape index (κ2) is 2.87. The lowest BCUT2D eigenvalue weighted by atomic mass is 11.9. The Bertz CT molecular complexity index is 44.9. The molecule has 0 fully saturated rings. The molecule has 0 nitrogen and oxygen atoms in total. The molecule has 0 bridgehead atoms. The molecule has 0 radical (unpaired) electrons. The summed E-state index contributed by atoms with van der Waals surface area (Å²) in [7, 11) is 2.17. The molecule has 0 aromatic heterocycles. The number of rotatable bonds is 0. The van der Waals surface area contributed by atoms with Crippen LogP contribution in [0.25, 0.3) is 0 Å². The molecule has 0 aliphatic carbocycles. The molecule has 0 rings (SSSR count). The lowest BCUT2D eigenvalue weighted by Gasteiger charge is -1.76. The second-order valence-electron chi connectivity index (χ2n) is 0.956. The van der Waals surface area contributed by atoms with Gasteiger partial charge in [-0.15, -0.1) is 0 Å². The molecule has 0 saturated heterocycles. The van der Waals surface area contributed by atoms with Gasteiger partial charge in [0.1, 0.15) is 0 Å². The van der Waals surface area contributed by atoms with Gasteiger partial charge < -0.3 is 0 Å². The van der Waals surface area contributed by atoms with E-state index in [4.69, 9.17) is 0 Å². The van der Waals surface area contributed by atoms with Gasteiger partial charge in [0.25, 0.3) is 0 Å². The normalized spacial score (nSPS) is 10.4. The molecule has 2 heteroatoms. The third-order valence-corrected chi connectivity index (χ3v) is 3.29. The van der Waals surface area contributed by atoms with Crippen molar-refractivity contribution in [2.24, 2.45) is 0 Å². The summed E-state index contributed by atoms with van der Waals surface area (Å²) in [5.41, 5.74) is 0. The van der Waals surface area contributed by atoms with Crippen LogP contribution in [0.2, 0.25) is 0 Å². The van der Waals surface area contributed by atoms with E-state index < -0.39 is 0 Å². The van der Waals surface area contributed by atoms with Gasteiger partial charge in [-0.2, -0.15) is 10.1 Å². The fourth-order valence-electron chi connectivity index (χ4n) is 0. The van der Waals surface area contributed by atoms with Gasteiger partial charge in [0.15, 0.2) is 0 Å². The van der Waals surface area contributed by atoms with Gasteiger partial charge in [-0.05, 0) is 19.2 Å². The van der Waals surface area contributed by atoms with Crippen LogP contribution < -0.4 is 0 Å². The van der Waals surface area contributed by atoms with Crippen LogP contribution in [-0.2, 0) is 10.1 Å². The molecule has 0 aliphatic heterocycles. The molecule has 0 heterocycles. The van der Waals surface area contributed by atoms with Crippen molar-refractivity contribution in [3.63, 3.8) is 0 Å². The van der Waals surface area contributed by atoms with Crippen molar-refractivity contribution >= 4 is 17.4 Å². The molecular formula is C3H9PS. The maximum atomic E-state index is 2.24. The first-order valence-corrected chi connectivity index (χ1v) is 5.43. The average Bonchev–Trinajstić information content (AvgIpc) is 1.38. The highest BCUT2D eigenvalue weighted by Gasteiger charge is 1.58. The molecule has 0 aromatic carbocycles. The van der Waals surface area contributed by atoms with Gasteiger partial charge in [0.05, 0.1) is 0 Å². The maximum Gasteiger partial charge on any atom is -0.0170 e. The minimum Gasteiger partial charge on any atom is -0.169 e. The van der Waals surface area contributed by atoms with Crippen LogP contribution in [-0.4, -0.2) is 19.2 Å². The molecule has 32 valence electrons. The zero-order chi connectivity index (χ0) is 4.28. The van der Waals surface area contributed by atoms with Crippen molar-refractivity contribution in [1.82, 2.24) is 0 Å². The van der Waals surface area contributed by atoms with E-state index in [-0.39, 0.29) is 0 Å². The summed E-state index contributed by atoms with van der Waals surface area (Å²) >= 11 is 0. The Morgan fingerprint density at radius 3 is 1.60 bits per heavy atom. The molecule has 0 spiro atoms. The molecular weight excluding hydrogens is 99.1 g/mol.